The van der Waals surface area contributed by atoms with Gasteiger partial charge in [0.15, 0.2) is 0 Å². The van der Waals surface area contributed by atoms with E-state index in [1.165, 1.54) is 50.0 Å². The highest BCUT2D eigenvalue weighted by Gasteiger charge is 2.41. The van der Waals surface area contributed by atoms with E-state index in [0.717, 1.165) is 6.42 Å². The molecular weight excluding hydrogens is 218 g/mol. The molecule has 1 aliphatic heterocycles. The van der Waals surface area contributed by atoms with E-state index in [-0.39, 0.29) is 0 Å². The fraction of sp³-hybridized carbons (Fsp3) is 1.00. The molecule has 1 heterocycles. The molecule has 94 valence electrons. The van der Waals surface area contributed by atoms with Gasteiger partial charge in [0.1, 0.15) is 0 Å². The standard InChI is InChI=1S/C13H25NOS/c1-11(14)5-9-16-10-12-4-8-13(15-12)6-2-3-7-13/h11-12H,2-10,14H2,1H3. The Hall–Kier alpha value is 0.270. The number of rotatable bonds is 5. The van der Waals surface area contributed by atoms with Crippen molar-refractivity contribution in [2.24, 2.45) is 5.73 Å². The Balaban J connectivity index is 1.61. The van der Waals surface area contributed by atoms with Crippen LogP contribution in [0.25, 0.3) is 0 Å². The first-order valence-corrected chi connectivity index (χ1v) is 7.87. The van der Waals surface area contributed by atoms with E-state index >= 15 is 0 Å². The van der Waals surface area contributed by atoms with E-state index < -0.39 is 0 Å². The highest BCUT2D eigenvalue weighted by Crippen LogP contribution is 2.43. The van der Waals surface area contributed by atoms with Crippen molar-refractivity contribution in [1.82, 2.24) is 0 Å². The quantitative estimate of drug-likeness (QED) is 0.754. The summed E-state index contributed by atoms with van der Waals surface area (Å²) in [4.78, 5) is 0. The fourth-order valence-electron chi connectivity index (χ4n) is 2.88. The Kier molecular flexibility index (Phi) is 4.57. The van der Waals surface area contributed by atoms with Crippen LogP contribution >= 0.6 is 11.8 Å². The molecule has 2 unspecified atom stereocenters. The van der Waals surface area contributed by atoms with Crippen LogP contribution in [0.15, 0.2) is 0 Å². The van der Waals surface area contributed by atoms with Gasteiger partial charge < -0.3 is 10.5 Å². The topological polar surface area (TPSA) is 35.2 Å². The first-order valence-electron chi connectivity index (χ1n) is 6.71. The van der Waals surface area contributed by atoms with Crippen LogP contribution in [-0.4, -0.2) is 29.3 Å². The van der Waals surface area contributed by atoms with Crippen molar-refractivity contribution in [2.75, 3.05) is 11.5 Å². The Morgan fingerprint density at radius 3 is 2.81 bits per heavy atom. The third-order valence-corrected chi connectivity index (χ3v) is 5.01. The lowest BCUT2D eigenvalue weighted by Gasteiger charge is -2.23. The van der Waals surface area contributed by atoms with E-state index in [1.807, 2.05) is 11.8 Å². The lowest BCUT2D eigenvalue weighted by molar-refractivity contribution is -0.0267. The molecule has 0 aromatic heterocycles. The van der Waals surface area contributed by atoms with E-state index in [4.69, 9.17) is 10.5 Å². The maximum Gasteiger partial charge on any atom is 0.0687 e. The molecule has 0 amide bonds. The van der Waals surface area contributed by atoms with Gasteiger partial charge in [-0.1, -0.05) is 12.8 Å². The van der Waals surface area contributed by atoms with E-state index in [9.17, 15) is 0 Å². The smallest absolute Gasteiger partial charge is 0.0687 e. The average Bonchev–Trinajstić information content (AvgIpc) is 2.85. The van der Waals surface area contributed by atoms with Crippen LogP contribution < -0.4 is 5.73 Å². The van der Waals surface area contributed by atoms with Gasteiger partial charge in [0, 0.05) is 11.8 Å². The largest absolute Gasteiger partial charge is 0.371 e. The fourth-order valence-corrected chi connectivity index (χ4v) is 4.09. The molecule has 16 heavy (non-hydrogen) atoms. The van der Waals surface area contributed by atoms with Gasteiger partial charge in [-0.25, -0.2) is 0 Å². The molecule has 0 aromatic rings. The summed E-state index contributed by atoms with van der Waals surface area (Å²) < 4.78 is 6.26. The zero-order chi connectivity index (χ0) is 11.4. The summed E-state index contributed by atoms with van der Waals surface area (Å²) in [5.41, 5.74) is 6.05. The summed E-state index contributed by atoms with van der Waals surface area (Å²) in [6.45, 7) is 2.08. The second kappa shape index (κ2) is 5.74. The number of nitrogens with two attached hydrogens (primary N) is 1. The van der Waals surface area contributed by atoms with Crippen LogP contribution in [0.5, 0.6) is 0 Å². The van der Waals surface area contributed by atoms with Crippen LogP contribution in [0, 0.1) is 0 Å². The SMILES string of the molecule is CC(N)CCSCC1CCC2(CCCC2)O1. The van der Waals surface area contributed by atoms with Gasteiger partial charge in [-0.05, 0) is 44.8 Å². The maximum atomic E-state index is 6.26. The van der Waals surface area contributed by atoms with Crippen LogP contribution in [0.1, 0.15) is 51.9 Å². The molecule has 1 aliphatic carbocycles. The molecule has 2 rings (SSSR count). The number of hydrogen-bond acceptors (Lipinski definition) is 3. The Bertz CT molecular complexity index is 214. The predicted molar refractivity (Wildman–Crippen MR) is 70.9 cm³/mol. The molecule has 0 aromatic carbocycles. The molecule has 0 bridgehead atoms. The maximum absolute atomic E-state index is 6.26. The summed E-state index contributed by atoms with van der Waals surface area (Å²) in [6, 6.07) is 0.346. The van der Waals surface area contributed by atoms with Crippen LogP contribution in [0.4, 0.5) is 0 Å². The third-order valence-electron chi connectivity index (χ3n) is 3.87. The molecule has 2 nitrogen and oxygen atoms in total. The third kappa shape index (κ3) is 3.38. The van der Waals surface area contributed by atoms with E-state index in [0.29, 0.717) is 17.7 Å². The molecular formula is C13H25NOS. The van der Waals surface area contributed by atoms with E-state index in [1.54, 1.807) is 0 Å². The Morgan fingerprint density at radius 2 is 2.12 bits per heavy atom. The van der Waals surface area contributed by atoms with Gasteiger partial charge in [-0.2, -0.15) is 11.8 Å². The molecule has 1 saturated heterocycles. The monoisotopic (exact) mass is 243 g/mol. The first-order chi connectivity index (χ1) is 7.70. The minimum atomic E-state index is 0.312. The summed E-state index contributed by atoms with van der Waals surface area (Å²) in [5.74, 6) is 2.36. The second-order valence-electron chi connectivity index (χ2n) is 5.51. The van der Waals surface area contributed by atoms with Gasteiger partial charge in [-0.15, -0.1) is 0 Å². The van der Waals surface area contributed by atoms with E-state index in [2.05, 4.69) is 6.92 Å². The van der Waals surface area contributed by atoms with Crippen molar-refractivity contribution < 1.29 is 4.74 Å². The van der Waals surface area contributed by atoms with Crippen LogP contribution in [0.3, 0.4) is 0 Å². The van der Waals surface area contributed by atoms with Crippen LogP contribution in [-0.2, 0) is 4.74 Å². The molecule has 1 spiro atoms. The molecule has 1 saturated carbocycles. The molecule has 2 atom stereocenters. The van der Waals surface area contributed by atoms with Crippen molar-refractivity contribution in [3.63, 3.8) is 0 Å². The summed E-state index contributed by atoms with van der Waals surface area (Å²) in [6.07, 6.45) is 9.63. The number of ether oxygens (including phenoxy) is 1. The number of hydrogen-bond donors (Lipinski definition) is 1. The summed E-state index contributed by atoms with van der Waals surface area (Å²) >= 11 is 2.02. The molecule has 3 heteroatoms. The second-order valence-corrected chi connectivity index (χ2v) is 6.66. The minimum Gasteiger partial charge on any atom is -0.371 e. The average molecular weight is 243 g/mol. The zero-order valence-electron chi connectivity index (χ0n) is 10.4. The van der Waals surface area contributed by atoms with Gasteiger partial charge in [0.05, 0.1) is 11.7 Å². The number of thioether (sulfide) groups is 1. The lowest BCUT2D eigenvalue weighted by Crippen LogP contribution is -2.25. The highest BCUT2D eigenvalue weighted by molar-refractivity contribution is 7.99. The van der Waals surface area contributed by atoms with Gasteiger partial charge in [0.25, 0.3) is 0 Å². The molecule has 0 radical (unpaired) electrons. The predicted octanol–water partition coefficient (Wildman–Crippen LogP) is 2.95. The van der Waals surface area contributed by atoms with Gasteiger partial charge in [-0.3, -0.25) is 0 Å². The summed E-state index contributed by atoms with van der Waals surface area (Å²) in [5, 5.41) is 0. The Morgan fingerprint density at radius 1 is 1.38 bits per heavy atom. The summed E-state index contributed by atoms with van der Waals surface area (Å²) in [7, 11) is 0. The van der Waals surface area contributed by atoms with Gasteiger partial charge in [0.2, 0.25) is 0 Å². The lowest BCUT2D eigenvalue weighted by atomic mass is 9.98. The zero-order valence-corrected chi connectivity index (χ0v) is 11.2. The van der Waals surface area contributed by atoms with Gasteiger partial charge >= 0.3 is 0 Å². The van der Waals surface area contributed by atoms with Crippen molar-refractivity contribution in [1.29, 1.82) is 0 Å². The first kappa shape index (κ1) is 12.7. The van der Waals surface area contributed by atoms with Crippen molar-refractivity contribution >= 4 is 11.8 Å². The minimum absolute atomic E-state index is 0.312. The van der Waals surface area contributed by atoms with Crippen molar-refractivity contribution in [3.05, 3.63) is 0 Å². The molecule has 2 aliphatic rings. The molecule has 2 N–H and O–H groups in total. The van der Waals surface area contributed by atoms with Crippen LogP contribution in [0.2, 0.25) is 0 Å². The highest BCUT2D eigenvalue weighted by atomic mass is 32.2. The van der Waals surface area contributed by atoms with Crippen molar-refractivity contribution in [2.45, 2.75) is 69.6 Å². The molecule has 2 fully saturated rings. The van der Waals surface area contributed by atoms with Crippen molar-refractivity contribution in [3.8, 4) is 0 Å². The normalized spacial score (nSPS) is 30.0. The Labute approximate surface area is 104 Å².